The second-order valence-corrected chi connectivity index (χ2v) is 5.88. The molecule has 18 heavy (non-hydrogen) atoms. The summed E-state index contributed by atoms with van der Waals surface area (Å²) < 4.78 is 2.04. The van der Waals surface area contributed by atoms with Crippen LogP contribution in [-0.4, -0.2) is 16.3 Å². The summed E-state index contributed by atoms with van der Waals surface area (Å²) in [5.74, 6) is 0. The van der Waals surface area contributed by atoms with E-state index in [1.807, 2.05) is 4.68 Å². The molecule has 1 fully saturated rings. The Morgan fingerprint density at radius 3 is 2.67 bits per heavy atom. The van der Waals surface area contributed by atoms with Crippen LogP contribution >= 0.6 is 0 Å². The number of hydrogen-bond acceptors (Lipinski definition) is 2. The summed E-state index contributed by atoms with van der Waals surface area (Å²) >= 11 is 0. The smallest absolute Gasteiger partial charge is 0.0537 e. The fraction of sp³-hybridized carbons (Fsp3) is 0.800. The molecule has 1 aromatic heterocycles. The summed E-state index contributed by atoms with van der Waals surface area (Å²) in [6, 6.07) is 0.472. The highest BCUT2D eigenvalue weighted by atomic mass is 15.3. The van der Waals surface area contributed by atoms with Crippen molar-refractivity contribution in [3.05, 3.63) is 18.0 Å². The second kappa shape index (κ2) is 5.87. The largest absolute Gasteiger partial charge is 0.309 e. The van der Waals surface area contributed by atoms with Crippen LogP contribution in [0.3, 0.4) is 0 Å². The molecule has 1 saturated carbocycles. The third kappa shape index (κ3) is 2.77. The van der Waals surface area contributed by atoms with E-state index in [0.29, 0.717) is 11.5 Å². The van der Waals surface area contributed by atoms with Gasteiger partial charge in [0.05, 0.1) is 6.20 Å². The lowest BCUT2D eigenvalue weighted by molar-refractivity contribution is 0.223. The molecule has 1 aliphatic carbocycles. The van der Waals surface area contributed by atoms with Gasteiger partial charge in [-0.05, 0) is 38.1 Å². The number of aryl methyl sites for hydroxylation is 1. The van der Waals surface area contributed by atoms with Gasteiger partial charge in [-0.1, -0.05) is 26.7 Å². The van der Waals surface area contributed by atoms with Gasteiger partial charge in [-0.25, -0.2) is 0 Å². The maximum atomic E-state index is 4.44. The number of nitrogens with one attached hydrogen (secondary N) is 1. The summed E-state index contributed by atoms with van der Waals surface area (Å²) in [5.41, 5.74) is 1.78. The van der Waals surface area contributed by atoms with Crippen molar-refractivity contribution in [2.45, 2.75) is 65.5 Å². The molecular formula is C15H27N3. The Morgan fingerprint density at radius 1 is 1.39 bits per heavy atom. The highest BCUT2D eigenvalue weighted by Crippen LogP contribution is 2.47. The molecule has 102 valence electrons. The summed E-state index contributed by atoms with van der Waals surface area (Å²) in [6.45, 7) is 8.87. The van der Waals surface area contributed by atoms with Crippen molar-refractivity contribution in [2.75, 3.05) is 6.54 Å². The molecule has 2 rings (SSSR count). The summed E-state index contributed by atoms with van der Waals surface area (Å²) in [5, 5.41) is 8.20. The van der Waals surface area contributed by atoms with Gasteiger partial charge in [-0.3, -0.25) is 4.68 Å². The van der Waals surface area contributed by atoms with E-state index in [2.05, 4.69) is 43.6 Å². The van der Waals surface area contributed by atoms with Gasteiger partial charge in [0.1, 0.15) is 0 Å². The minimum Gasteiger partial charge on any atom is -0.309 e. The van der Waals surface area contributed by atoms with E-state index in [1.165, 1.54) is 37.7 Å². The Morgan fingerprint density at radius 2 is 2.11 bits per heavy atom. The first kappa shape index (κ1) is 13.6. The van der Waals surface area contributed by atoms with Crippen LogP contribution in [0.5, 0.6) is 0 Å². The second-order valence-electron chi connectivity index (χ2n) is 5.88. The average molecular weight is 249 g/mol. The molecule has 0 aromatic carbocycles. The molecule has 0 spiro atoms. The van der Waals surface area contributed by atoms with Gasteiger partial charge in [0.25, 0.3) is 0 Å². The zero-order valence-electron chi connectivity index (χ0n) is 12.1. The Kier molecular flexibility index (Phi) is 4.44. The molecule has 0 amide bonds. The molecule has 3 heteroatoms. The topological polar surface area (TPSA) is 29.9 Å². The number of nitrogens with zero attached hydrogens (tertiary/aromatic N) is 2. The maximum absolute atomic E-state index is 4.44. The number of aromatic nitrogens is 2. The molecular weight excluding hydrogens is 222 g/mol. The Labute approximate surface area is 111 Å². The van der Waals surface area contributed by atoms with Gasteiger partial charge >= 0.3 is 0 Å². The van der Waals surface area contributed by atoms with Crippen molar-refractivity contribution in [1.29, 1.82) is 0 Å². The predicted molar refractivity (Wildman–Crippen MR) is 75.5 cm³/mol. The first-order valence-electron chi connectivity index (χ1n) is 7.45. The molecule has 3 nitrogen and oxygen atoms in total. The normalized spacial score (nSPS) is 20.2. The lowest BCUT2D eigenvalue weighted by Crippen LogP contribution is -2.34. The van der Waals surface area contributed by atoms with Crippen LogP contribution < -0.4 is 5.32 Å². The van der Waals surface area contributed by atoms with E-state index in [1.54, 1.807) is 0 Å². The Hall–Kier alpha value is -0.830. The molecule has 0 radical (unpaired) electrons. The summed E-state index contributed by atoms with van der Waals surface area (Å²) in [7, 11) is 0. The zero-order valence-corrected chi connectivity index (χ0v) is 12.1. The van der Waals surface area contributed by atoms with Gasteiger partial charge < -0.3 is 5.32 Å². The van der Waals surface area contributed by atoms with Crippen molar-refractivity contribution in [3.8, 4) is 0 Å². The van der Waals surface area contributed by atoms with Crippen LogP contribution in [0, 0.1) is 5.41 Å². The monoisotopic (exact) mass is 249 g/mol. The SMILES string of the molecule is CCCNC(c1cnn(CC)c1)C1(C)CCCC1. The fourth-order valence-corrected chi connectivity index (χ4v) is 3.23. The van der Waals surface area contributed by atoms with Crippen LogP contribution in [0.2, 0.25) is 0 Å². The molecule has 1 aromatic rings. The third-order valence-electron chi connectivity index (χ3n) is 4.35. The van der Waals surface area contributed by atoms with Crippen LogP contribution in [0.1, 0.15) is 64.5 Å². The molecule has 1 aliphatic rings. The van der Waals surface area contributed by atoms with E-state index in [9.17, 15) is 0 Å². The first-order chi connectivity index (χ1) is 8.69. The van der Waals surface area contributed by atoms with Gasteiger partial charge in [0.15, 0.2) is 0 Å². The predicted octanol–water partition coefficient (Wildman–Crippen LogP) is 3.52. The van der Waals surface area contributed by atoms with Crippen LogP contribution in [-0.2, 0) is 6.54 Å². The standard InChI is InChI=1S/C15H27N3/c1-4-10-16-14(15(3)8-6-7-9-15)13-11-17-18(5-2)12-13/h11-12,14,16H,4-10H2,1-3H3. The average Bonchev–Trinajstić information content (AvgIpc) is 2.99. The minimum absolute atomic E-state index is 0.413. The Bertz CT molecular complexity index is 364. The molecule has 0 aliphatic heterocycles. The van der Waals surface area contributed by atoms with E-state index in [4.69, 9.17) is 0 Å². The van der Waals surface area contributed by atoms with Crippen molar-refractivity contribution in [2.24, 2.45) is 5.41 Å². The molecule has 1 unspecified atom stereocenters. The fourth-order valence-electron chi connectivity index (χ4n) is 3.23. The lowest BCUT2D eigenvalue weighted by atomic mass is 9.78. The van der Waals surface area contributed by atoms with Gasteiger partial charge in [-0.2, -0.15) is 5.10 Å². The lowest BCUT2D eigenvalue weighted by Gasteiger charge is -2.34. The molecule has 1 heterocycles. The van der Waals surface area contributed by atoms with E-state index in [-0.39, 0.29) is 0 Å². The first-order valence-corrected chi connectivity index (χ1v) is 7.45. The van der Waals surface area contributed by atoms with Gasteiger partial charge in [0, 0.05) is 24.3 Å². The third-order valence-corrected chi connectivity index (χ3v) is 4.35. The van der Waals surface area contributed by atoms with Gasteiger partial charge in [-0.15, -0.1) is 0 Å². The quantitative estimate of drug-likeness (QED) is 0.836. The van der Waals surface area contributed by atoms with Gasteiger partial charge in [0.2, 0.25) is 0 Å². The zero-order chi connectivity index (χ0) is 13.0. The molecule has 0 saturated heterocycles. The van der Waals surface area contributed by atoms with Crippen LogP contribution in [0.4, 0.5) is 0 Å². The highest BCUT2D eigenvalue weighted by molar-refractivity contribution is 5.15. The van der Waals surface area contributed by atoms with Crippen molar-refractivity contribution in [3.63, 3.8) is 0 Å². The Balaban J connectivity index is 2.18. The van der Waals surface area contributed by atoms with E-state index in [0.717, 1.165) is 13.1 Å². The molecule has 1 N–H and O–H groups in total. The number of rotatable bonds is 6. The number of hydrogen-bond donors (Lipinski definition) is 1. The molecule has 1 atom stereocenters. The van der Waals surface area contributed by atoms with Crippen LogP contribution in [0.25, 0.3) is 0 Å². The minimum atomic E-state index is 0.413. The summed E-state index contributed by atoms with van der Waals surface area (Å²) in [4.78, 5) is 0. The maximum Gasteiger partial charge on any atom is 0.0537 e. The van der Waals surface area contributed by atoms with Crippen molar-refractivity contribution in [1.82, 2.24) is 15.1 Å². The molecule has 0 bridgehead atoms. The van der Waals surface area contributed by atoms with Crippen LogP contribution in [0.15, 0.2) is 12.4 Å². The summed E-state index contributed by atoms with van der Waals surface area (Å²) in [6.07, 6.45) is 10.9. The van der Waals surface area contributed by atoms with E-state index < -0.39 is 0 Å². The van der Waals surface area contributed by atoms with E-state index >= 15 is 0 Å². The highest BCUT2D eigenvalue weighted by Gasteiger charge is 2.38. The van der Waals surface area contributed by atoms with Crippen molar-refractivity contribution >= 4 is 0 Å². The van der Waals surface area contributed by atoms with Crippen molar-refractivity contribution < 1.29 is 0 Å².